The molecule has 0 saturated heterocycles. The molecule has 0 atom stereocenters. The van der Waals surface area contributed by atoms with Crippen LogP contribution in [0.15, 0.2) is 42.5 Å². The molecule has 0 saturated carbocycles. The Balaban J connectivity index is 0.00000121. The molecular formula is C27H37N7O3. The molecule has 0 radical (unpaired) electrons. The first-order valence-corrected chi connectivity index (χ1v) is 12.5. The summed E-state index contributed by atoms with van der Waals surface area (Å²) < 4.78 is 7.88. The van der Waals surface area contributed by atoms with E-state index in [2.05, 4.69) is 50.3 Å². The average Bonchev–Trinajstić information content (AvgIpc) is 3.18. The zero-order chi connectivity index (χ0) is 26.8. The van der Waals surface area contributed by atoms with Gasteiger partial charge in [-0.3, -0.25) is 4.79 Å². The van der Waals surface area contributed by atoms with Gasteiger partial charge in [0, 0.05) is 30.6 Å². The van der Waals surface area contributed by atoms with E-state index in [0.29, 0.717) is 13.1 Å². The van der Waals surface area contributed by atoms with E-state index in [4.69, 9.17) is 21.3 Å². The molecule has 0 fully saturated rings. The number of carbonyl (C=O) groups excluding carboxylic acids is 1. The number of aliphatic hydroxyl groups is 1. The number of aromatic nitrogens is 3. The van der Waals surface area contributed by atoms with Gasteiger partial charge in [0.15, 0.2) is 5.82 Å². The second-order valence-electron chi connectivity index (χ2n) is 8.54. The van der Waals surface area contributed by atoms with Crippen LogP contribution in [-0.4, -0.2) is 52.4 Å². The molecule has 0 unspecified atom stereocenters. The Morgan fingerprint density at radius 1 is 1.16 bits per heavy atom. The van der Waals surface area contributed by atoms with Crippen molar-refractivity contribution in [2.75, 3.05) is 37.9 Å². The van der Waals surface area contributed by atoms with Crippen LogP contribution in [-0.2, 0) is 17.9 Å². The second-order valence-corrected chi connectivity index (χ2v) is 8.54. The Kier molecular flexibility index (Phi) is 10.0. The fraction of sp³-hybridized carbons (Fsp3) is 0.370. The molecular weight excluding hydrogens is 470 g/mol. The minimum Gasteiger partial charge on any atom is -0.496 e. The number of rotatable bonds is 11. The van der Waals surface area contributed by atoms with Gasteiger partial charge in [-0.25, -0.2) is 4.98 Å². The predicted molar refractivity (Wildman–Crippen MR) is 149 cm³/mol. The number of methoxy groups -OCH3 is 1. The number of aliphatic hydroxyl groups excluding tert-OH is 1. The lowest BCUT2D eigenvalue weighted by Crippen LogP contribution is -2.28. The van der Waals surface area contributed by atoms with Gasteiger partial charge in [-0.15, -0.1) is 0 Å². The molecule has 37 heavy (non-hydrogen) atoms. The van der Waals surface area contributed by atoms with Gasteiger partial charge in [-0.05, 0) is 37.1 Å². The third-order valence-corrected chi connectivity index (χ3v) is 5.75. The van der Waals surface area contributed by atoms with Gasteiger partial charge in [0.1, 0.15) is 16.8 Å². The van der Waals surface area contributed by atoms with Gasteiger partial charge in [-0.2, -0.15) is 4.98 Å². The fourth-order valence-electron chi connectivity index (χ4n) is 4.18. The van der Waals surface area contributed by atoms with Crippen LogP contribution in [0.1, 0.15) is 37.8 Å². The topological polar surface area (TPSA) is 153 Å². The number of hydrogen-bond donors (Lipinski definition) is 5. The van der Waals surface area contributed by atoms with Gasteiger partial charge in [0.05, 0.1) is 25.7 Å². The smallest absolute Gasteiger partial charge is 0.231 e. The van der Waals surface area contributed by atoms with Crippen molar-refractivity contribution in [3.05, 3.63) is 53.6 Å². The second kappa shape index (κ2) is 13.4. The maximum absolute atomic E-state index is 11.1. The van der Waals surface area contributed by atoms with Crippen LogP contribution in [0.4, 0.5) is 11.8 Å². The van der Waals surface area contributed by atoms with Gasteiger partial charge in [0.2, 0.25) is 11.9 Å². The molecule has 10 nitrogen and oxygen atoms in total. The third-order valence-electron chi connectivity index (χ3n) is 5.75. The highest BCUT2D eigenvalue weighted by Gasteiger charge is 2.19. The first-order chi connectivity index (χ1) is 17.9. The standard InChI is InChI=1S/C25H31N7O2.C2H6O/c1-3-4-11-29-24-23-22(30-25(27)31-24)18-7-5-6-8-19(18)32(23)15-17-12-16(9-10-20(17)34-2)13-28-14-21(26)33;1-2-3/h5-10,12,28H,3-4,11,13-15H2,1-2H3,(H2,26,33)(H3,27,29,30,31);3H,2H2,1H3. The summed E-state index contributed by atoms with van der Waals surface area (Å²) in [5.41, 5.74) is 16.1. The number of anilines is 2. The summed E-state index contributed by atoms with van der Waals surface area (Å²) in [5.74, 6) is 1.36. The highest BCUT2D eigenvalue weighted by molar-refractivity contribution is 6.09. The van der Waals surface area contributed by atoms with Crippen molar-refractivity contribution in [2.45, 2.75) is 39.8 Å². The van der Waals surface area contributed by atoms with Crippen molar-refractivity contribution < 1.29 is 14.6 Å². The van der Waals surface area contributed by atoms with E-state index < -0.39 is 0 Å². The number of fused-ring (bicyclic) bond motifs is 3. The Hall–Kier alpha value is -3.89. The summed E-state index contributed by atoms with van der Waals surface area (Å²) in [6, 6.07) is 14.1. The number of benzene rings is 2. The van der Waals surface area contributed by atoms with Crippen molar-refractivity contribution in [2.24, 2.45) is 5.73 Å². The van der Waals surface area contributed by atoms with Crippen LogP contribution in [0, 0.1) is 0 Å². The maximum atomic E-state index is 11.1. The molecule has 2 aromatic carbocycles. The lowest BCUT2D eigenvalue weighted by atomic mass is 10.1. The molecule has 4 aromatic rings. The number of primary amides is 1. The summed E-state index contributed by atoms with van der Waals surface area (Å²) in [7, 11) is 1.66. The average molecular weight is 508 g/mol. The predicted octanol–water partition coefficient (Wildman–Crippen LogP) is 3.01. The van der Waals surface area contributed by atoms with E-state index >= 15 is 0 Å². The Bertz CT molecular complexity index is 1340. The minimum atomic E-state index is -0.388. The quantitative estimate of drug-likeness (QED) is 0.194. The molecule has 0 aliphatic heterocycles. The highest BCUT2D eigenvalue weighted by atomic mass is 16.5. The maximum Gasteiger partial charge on any atom is 0.231 e. The summed E-state index contributed by atoms with van der Waals surface area (Å²) in [4.78, 5) is 20.2. The van der Waals surface area contributed by atoms with Gasteiger partial charge < -0.3 is 36.5 Å². The number of nitrogens with one attached hydrogen (secondary N) is 2. The molecule has 0 bridgehead atoms. The number of para-hydroxylation sites is 1. The summed E-state index contributed by atoms with van der Waals surface area (Å²) in [6.07, 6.45) is 2.10. The number of ether oxygens (including phenoxy) is 1. The van der Waals surface area contributed by atoms with Crippen molar-refractivity contribution in [1.82, 2.24) is 19.9 Å². The molecule has 198 valence electrons. The molecule has 4 rings (SSSR count). The van der Waals surface area contributed by atoms with Crippen molar-refractivity contribution in [3.8, 4) is 5.75 Å². The molecule has 1 amide bonds. The van der Waals surface area contributed by atoms with Crippen LogP contribution < -0.4 is 26.8 Å². The molecule has 2 aromatic heterocycles. The van der Waals surface area contributed by atoms with Crippen LogP contribution in [0.25, 0.3) is 21.9 Å². The zero-order valence-corrected chi connectivity index (χ0v) is 21.8. The summed E-state index contributed by atoms with van der Waals surface area (Å²) >= 11 is 0. The first kappa shape index (κ1) is 27.7. The number of nitrogens with zero attached hydrogens (tertiary/aromatic N) is 3. The highest BCUT2D eigenvalue weighted by Crippen LogP contribution is 2.34. The normalized spacial score (nSPS) is 10.8. The van der Waals surface area contributed by atoms with E-state index in [-0.39, 0.29) is 25.0 Å². The molecule has 0 aliphatic rings. The lowest BCUT2D eigenvalue weighted by Gasteiger charge is -2.15. The molecule has 2 heterocycles. The molecule has 7 N–H and O–H groups in total. The van der Waals surface area contributed by atoms with E-state index in [0.717, 1.165) is 64.0 Å². The van der Waals surface area contributed by atoms with Crippen LogP contribution in [0.2, 0.25) is 0 Å². The van der Waals surface area contributed by atoms with Crippen LogP contribution in [0.3, 0.4) is 0 Å². The van der Waals surface area contributed by atoms with Gasteiger partial charge >= 0.3 is 0 Å². The third kappa shape index (κ3) is 6.87. The Labute approximate surface area is 217 Å². The minimum absolute atomic E-state index is 0.125. The number of unbranched alkanes of at least 4 members (excludes halogenated alkanes) is 1. The summed E-state index contributed by atoms with van der Waals surface area (Å²) in [5, 5.41) is 15.1. The van der Waals surface area contributed by atoms with Crippen LogP contribution in [0.5, 0.6) is 5.75 Å². The summed E-state index contributed by atoms with van der Waals surface area (Å²) in [6.45, 7) is 6.08. The van der Waals surface area contributed by atoms with E-state index in [1.54, 1.807) is 14.0 Å². The molecule has 0 spiro atoms. The lowest BCUT2D eigenvalue weighted by molar-refractivity contribution is -0.117. The fourth-order valence-corrected chi connectivity index (χ4v) is 4.18. The number of amides is 1. The van der Waals surface area contributed by atoms with Crippen LogP contribution >= 0.6 is 0 Å². The number of carbonyl (C=O) groups is 1. The Morgan fingerprint density at radius 2 is 1.92 bits per heavy atom. The number of nitrogen functional groups attached to an aromatic ring is 1. The molecule has 10 heteroatoms. The first-order valence-electron chi connectivity index (χ1n) is 12.5. The van der Waals surface area contributed by atoms with Gasteiger partial charge in [0.25, 0.3) is 0 Å². The van der Waals surface area contributed by atoms with E-state index in [1.165, 1.54) is 0 Å². The number of nitrogens with two attached hydrogens (primary N) is 2. The van der Waals surface area contributed by atoms with E-state index in [1.807, 2.05) is 24.3 Å². The number of hydrogen-bond acceptors (Lipinski definition) is 8. The molecule has 0 aliphatic carbocycles. The van der Waals surface area contributed by atoms with Crippen molar-refractivity contribution in [3.63, 3.8) is 0 Å². The zero-order valence-electron chi connectivity index (χ0n) is 21.8. The largest absolute Gasteiger partial charge is 0.496 e. The Morgan fingerprint density at radius 3 is 2.62 bits per heavy atom. The monoisotopic (exact) mass is 507 g/mol. The van der Waals surface area contributed by atoms with Crippen molar-refractivity contribution in [1.29, 1.82) is 0 Å². The SMILES string of the molecule is CCCCNc1nc(N)nc2c3ccccc3n(Cc3cc(CNCC(N)=O)ccc3OC)c12.CCO. The van der Waals surface area contributed by atoms with E-state index in [9.17, 15) is 4.79 Å². The van der Waals surface area contributed by atoms with Gasteiger partial charge in [-0.1, -0.05) is 37.6 Å². The van der Waals surface area contributed by atoms with Crippen molar-refractivity contribution >= 4 is 39.6 Å².